The van der Waals surface area contributed by atoms with Crippen LogP contribution in [0.3, 0.4) is 0 Å². The van der Waals surface area contributed by atoms with Crippen LogP contribution in [-0.2, 0) is 4.79 Å². The topological polar surface area (TPSA) is 42.0 Å². The van der Waals surface area contributed by atoms with Crippen molar-refractivity contribution >= 4 is 57.3 Å². The van der Waals surface area contributed by atoms with Gasteiger partial charge in [-0.25, -0.2) is 4.98 Å². The van der Waals surface area contributed by atoms with Crippen LogP contribution < -0.4 is 5.32 Å². The van der Waals surface area contributed by atoms with Crippen molar-refractivity contribution in [3.8, 4) is 11.3 Å². The van der Waals surface area contributed by atoms with Crippen molar-refractivity contribution in [3.05, 3.63) is 29.6 Å². The number of anilines is 1. The summed E-state index contributed by atoms with van der Waals surface area (Å²) in [4.78, 5) is 17.5. The Morgan fingerprint density at radius 2 is 2.10 bits per heavy atom. The summed E-state index contributed by atoms with van der Waals surface area (Å²) in [5, 5.41) is 5.26. The highest BCUT2D eigenvalue weighted by Crippen LogP contribution is 2.53. The molecule has 1 aliphatic rings. The molecule has 1 N–H and O–H groups in total. The average Bonchev–Trinajstić information content (AvgIpc) is 2.90. The van der Waals surface area contributed by atoms with Crippen LogP contribution in [0.1, 0.15) is 6.42 Å². The summed E-state index contributed by atoms with van der Waals surface area (Å²) < 4.78 is -0.905. The Balaban J connectivity index is 1.69. The molecule has 1 amide bonds. The minimum absolute atomic E-state index is 0.168. The van der Waals surface area contributed by atoms with Gasteiger partial charge >= 0.3 is 0 Å². The molecule has 0 saturated heterocycles. The molecule has 0 radical (unpaired) electrons. The maximum absolute atomic E-state index is 11.9. The van der Waals surface area contributed by atoms with Crippen molar-refractivity contribution < 1.29 is 4.79 Å². The van der Waals surface area contributed by atoms with E-state index in [2.05, 4.69) is 22.4 Å². The summed E-state index contributed by atoms with van der Waals surface area (Å²) in [6.07, 6.45) is 2.54. The zero-order chi connectivity index (χ0) is 15.0. The summed E-state index contributed by atoms with van der Waals surface area (Å²) in [5.74, 6) is -0.507. The van der Waals surface area contributed by atoms with Crippen LogP contribution in [0, 0.1) is 5.92 Å². The van der Waals surface area contributed by atoms with Crippen molar-refractivity contribution in [2.75, 3.05) is 11.6 Å². The van der Waals surface area contributed by atoms with Crippen LogP contribution in [0.4, 0.5) is 5.13 Å². The summed E-state index contributed by atoms with van der Waals surface area (Å²) in [5.41, 5.74) is 1.88. The first-order chi connectivity index (χ1) is 9.99. The molecule has 2 aromatic rings. The van der Waals surface area contributed by atoms with Gasteiger partial charge in [-0.1, -0.05) is 12.1 Å². The molecule has 1 aromatic heterocycles. The molecule has 110 valence electrons. The van der Waals surface area contributed by atoms with Crippen LogP contribution >= 0.6 is 46.3 Å². The standard InChI is InChI=1S/C14H12Cl2N2OS2/c1-20-9-4-2-8(3-5-9)11-7-21-13(17-11)18-12(19)10-6-14(10,15)16/h2-5,7,10H,6H2,1H3,(H,17,18,19). The third-order valence-electron chi connectivity index (χ3n) is 3.26. The molecule has 1 atom stereocenters. The fourth-order valence-electron chi connectivity index (χ4n) is 1.92. The van der Waals surface area contributed by atoms with Gasteiger partial charge in [-0.3, -0.25) is 4.79 Å². The van der Waals surface area contributed by atoms with Gasteiger partial charge in [-0.05, 0) is 24.8 Å². The average molecular weight is 359 g/mol. The molecule has 1 fully saturated rings. The van der Waals surface area contributed by atoms with E-state index in [1.54, 1.807) is 11.8 Å². The molecular weight excluding hydrogens is 347 g/mol. The third-order valence-corrected chi connectivity index (χ3v) is 5.60. The number of nitrogens with one attached hydrogen (secondary N) is 1. The second kappa shape index (κ2) is 5.80. The van der Waals surface area contributed by atoms with Crippen LogP contribution in [-0.4, -0.2) is 21.5 Å². The first kappa shape index (κ1) is 15.2. The van der Waals surface area contributed by atoms with Crippen molar-refractivity contribution in [1.82, 2.24) is 4.98 Å². The Morgan fingerprint density at radius 3 is 2.67 bits per heavy atom. The first-order valence-electron chi connectivity index (χ1n) is 6.28. The number of rotatable bonds is 4. The van der Waals surface area contributed by atoms with Gasteiger partial charge in [0.25, 0.3) is 0 Å². The molecule has 0 aliphatic heterocycles. The van der Waals surface area contributed by atoms with Crippen LogP contribution in [0.25, 0.3) is 11.3 Å². The lowest BCUT2D eigenvalue weighted by atomic mass is 10.2. The van der Waals surface area contributed by atoms with Crippen LogP contribution in [0.5, 0.6) is 0 Å². The van der Waals surface area contributed by atoms with Crippen LogP contribution in [0.2, 0.25) is 0 Å². The Kier molecular flexibility index (Phi) is 4.19. The lowest BCUT2D eigenvalue weighted by molar-refractivity contribution is -0.117. The van der Waals surface area contributed by atoms with Gasteiger partial charge in [-0.15, -0.1) is 46.3 Å². The normalized spacial score (nSPS) is 19.3. The zero-order valence-corrected chi connectivity index (χ0v) is 14.2. The minimum Gasteiger partial charge on any atom is -0.302 e. The van der Waals surface area contributed by atoms with E-state index in [9.17, 15) is 4.79 Å². The largest absolute Gasteiger partial charge is 0.302 e. The van der Waals surface area contributed by atoms with Gasteiger partial charge in [0.15, 0.2) is 5.13 Å². The van der Waals surface area contributed by atoms with Gasteiger partial charge in [0.2, 0.25) is 5.91 Å². The molecule has 3 nitrogen and oxygen atoms in total. The second-order valence-corrected chi connectivity index (χ2v) is 8.05. The fraction of sp³-hybridized carbons (Fsp3) is 0.286. The molecule has 21 heavy (non-hydrogen) atoms. The monoisotopic (exact) mass is 358 g/mol. The number of thioether (sulfide) groups is 1. The summed E-state index contributed by atoms with van der Waals surface area (Å²) >= 11 is 14.9. The number of carbonyl (C=O) groups is 1. The molecule has 7 heteroatoms. The Labute approximate surface area is 141 Å². The highest BCUT2D eigenvalue weighted by Gasteiger charge is 2.56. The number of nitrogens with zero attached hydrogens (tertiary/aromatic N) is 1. The fourth-order valence-corrected chi connectivity index (χ4v) is 3.55. The second-order valence-electron chi connectivity index (χ2n) is 4.77. The maximum atomic E-state index is 11.9. The molecular formula is C14H12Cl2N2OS2. The van der Waals surface area contributed by atoms with E-state index in [1.807, 2.05) is 23.8 Å². The van der Waals surface area contributed by atoms with E-state index < -0.39 is 4.33 Å². The molecule has 1 aliphatic carbocycles. The summed E-state index contributed by atoms with van der Waals surface area (Å²) in [7, 11) is 0. The minimum atomic E-state index is -0.905. The molecule has 0 bridgehead atoms. The number of aromatic nitrogens is 1. The number of amides is 1. The number of halogens is 2. The molecule has 0 spiro atoms. The number of benzene rings is 1. The van der Waals surface area contributed by atoms with Gasteiger partial charge in [0.1, 0.15) is 4.33 Å². The van der Waals surface area contributed by atoms with E-state index in [-0.39, 0.29) is 11.8 Å². The quantitative estimate of drug-likeness (QED) is 0.637. The molecule has 1 aromatic carbocycles. The van der Waals surface area contributed by atoms with Gasteiger partial charge in [0, 0.05) is 15.8 Å². The van der Waals surface area contributed by atoms with Crippen molar-refractivity contribution in [1.29, 1.82) is 0 Å². The number of hydrogen-bond donors (Lipinski definition) is 1. The van der Waals surface area contributed by atoms with Crippen LogP contribution in [0.15, 0.2) is 34.5 Å². The SMILES string of the molecule is CSc1ccc(-c2csc(NC(=O)C3CC3(Cl)Cl)n2)cc1. The Morgan fingerprint density at radius 1 is 1.43 bits per heavy atom. The van der Waals surface area contributed by atoms with E-state index in [0.717, 1.165) is 11.3 Å². The number of alkyl halides is 2. The highest BCUT2D eigenvalue weighted by molar-refractivity contribution is 7.98. The number of hydrogen-bond acceptors (Lipinski definition) is 4. The predicted molar refractivity (Wildman–Crippen MR) is 90.5 cm³/mol. The smallest absolute Gasteiger partial charge is 0.232 e. The molecule has 1 heterocycles. The van der Waals surface area contributed by atoms with Gasteiger partial charge < -0.3 is 5.32 Å². The summed E-state index contributed by atoms with van der Waals surface area (Å²) in [6.45, 7) is 0. The zero-order valence-electron chi connectivity index (χ0n) is 11.1. The molecule has 3 rings (SSSR count). The number of thiazole rings is 1. The molecule has 1 unspecified atom stereocenters. The van der Waals surface area contributed by atoms with E-state index >= 15 is 0 Å². The van der Waals surface area contributed by atoms with E-state index in [4.69, 9.17) is 23.2 Å². The van der Waals surface area contributed by atoms with Crippen molar-refractivity contribution in [2.24, 2.45) is 5.92 Å². The van der Waals surface area contributed by atoms with E-state index in [0.29, 0.717) is 11.6 Å². The van der Waals surface area contributed by atoms with Crippen molar-refractivity contribution in [2.45, 2.75) is 15.6 Å². The third kappa shape index (κ3) is 3.37. The predicted octanol–water partition coefficient (Wildman–Crippen LogP) is 4.66. The summed E-state index contributed by atoms with van der Waals surface area (Å²) in [6, 6.07) is 8.15. The maximum Gasteiger partial charge on any atom is 0.232 e. The number of carbonyl (C=O) groups excluding carboxylic acids is 1. The molecule has 1 saturated carbocycles. The van der Waals surface area contributed by atoms with Gasteiger partial charge in [0.05, 0.1) is 11.6 Å². The first-order valence-corrected chi connectivity index (χ1v) is 9.14. The Bertz CT molecular complexity index is 670. The van der Waals surface area contributed by atoms with E-state index in [1.165, 1.54) is 16.2 Å². The lowest BCUT2D eigenvalue weighted by Gasteiger charge is -2.01. The lowest BCUT2D eigenvalue weighted by Crippen LogP contribution is -2.16. The Hall–Kier alpha value is -0.750. The highest BCUT2D eigenvalue weighted by atomic mass is 35.5. The van der Waals surface area contributed by atoms with Crippen molar-refractivity contribution in [3.63, 3.8) is 0 Å². The van der Waals surface area contributed by atoms with Gasteiger partial charge in [-0.2, -0.15) is 0 Å².